The lowest BCUT2D eigenvalue weighted by Crippen LogP contribution is -2.74. The molecule has 5 heterocycles. The minimum atomic E-state index is -3.07. The maximum Gasteiger partial charge on any atom is 0.179 e. The van der Waals surface area contributed by atoms with Crippen LogP contribution in [-0.4, -0.2) is 27.0 Å². The third-order valence-electron chi connectivity index (χ3n) is 14.1. The third-order valence-corrected chi connectivity index (χ3v) is 18.9. The highest BCUT2D eigenvalue weighted by molar-refractivity contribution is 7.20. The van der Waals surface area contributed by atoms with Crippen molar-refractivity contribution >= 4 is 95.1 Å². The summed E-state index contributed by atoms with van der Waals surface area (Å²) in [6.07, 6.45) is 6.12. The molecule has 0 unspecified atom stereocenters. The molecule has 0 aliphatic carbocycles. The molecule has 12 aromatic rings. The summed E-state index contributed by atoms with van der Waals surface area (Å²) in [5, 5.41) is 11.1. The molecule has 1 aliphatic rings. The zero-order valence-electron chi connectivity index (χ0n) is 36.1. The minimum Gasteiger partial charge on any atom is -0.309 e. The molecule has 0 saturated carbocycles. The van der Waals surface area contributed by atoms with Crippen LogP contribution in [0.4, 0.5) is 17.2 Å². The Balaban J connectivity index is 1.11. The van der Waals surface area contributed by atoms with E-state index in [0.717, 1.165) is 44.8 Å². The van der Waals surface area contributed by atoms with Crippen molar-refractivity contribution < 1.29 is 0 Å². The number of hydrogen-bond donors (Lipinski definition) is 0. The van der Waals surface area contributed by atoms with Crippen LogP contribution in [0.2, 0.25) is 0 Å². The van der Waals surface area contributed by atoms with Crippen LogP contribution in [0.5, 0.6) is 0 Å². The maximum atomic E-state index is 5.52. The molecule has 6 heteroatoms. The fraction of sp³-hybridized carbons (Fsp3) is 0.0508. The predicted molar refractivity (Wildman–Crippen MR) is 273 cm³/mol. The van der Waals surface area contributed by atoms with E-state index in [9.17, 15) is 0 Å². The highest BCUT2D eigenvalue weighted by atomic mass is 28.3. The molecule has 0 atom stereocenters. The van der Waals surface area contributed by atoms with Crippen molar-refractivity contribution in [2.75, 3.05) is 4.90 Å². The molecule has 1 aliphatic heterocycles. The van der Waals surface area contributed by atoms with E-state index in [2.05, 4.69) is 246 Å². The van der Waals surface area contributed by atoms with E-state index in [1.165, 1.54) is 59.1 Å². The number of imidazole rings is 1. The number of fused-ring (bicyclic) bond motifs is 12. The fourth-order valence-electron chi connectivity index (χ4n) is 11.3. The Morgan fingerprint density at radius 3 is 1.82 bits per heavy atom. The lowest BCUT2D eigenvalue weighted by molar-refractivity contribution is 0.631. The van der Waals surface area contributed by atoms with Crippen LogP contribution in [0.3, 0.4) is 0 Å². The van der Waals surface area contributed by atoms with Gasteiger partial charge >= 0.3 is 0 Å². The van der Waals surface area contributed by atoms with Crippen molar-refractivity contribution in [1.82, 2.24) is 18.9 Å². The van der Waals surface area contributed by atoms with Gasteiger partial charge in [0.05, 0.1) is 22.2 Å². The first-order valence-electron chi connectivity index (χ1n) is 22.4. The maximum absolute atomic E-state index is 5.52. The average molecular weight is 850 g/mol. The monoisotopic (exact) mass is 849 g/mol. The van der Waals surface area contributed by atoms with Crippen molar-refractivity contribution in [3.8, 4) is 5.69 Å². The van der Waals surface area contributed by atoms with Crippen molar-refractivity contribution in [1.29, 1.82) is 0 Å². The second kappa shape index (κ2) is 14.2. The van der Waals surface area contributed by atoms with Gasteiger partial charge in [0.25, 0.3) is 0 Å². The molecule has 4 aromatic heterocycles. The van der Waals surface area contributed by atoms with E-state index in [-0.39, 0.29) is 5.41 Å². The Morgan fingerprint density at radius 2 is 1.06 bits per heavy atom. The molecular formula is C59H43N5Si. The molecule has 8 aromatic carbocycles. The Kier molecular flexibility index (Phi) is 8.20. The van der Waals surface area contributed by atoms with Gasteiger partial charge in [0.1, 0.15) is 11.5 Å². The summed E-state index contributed by atoms with van der Waals surface area (Å²) >= 11 is 0. The fourth-order valence-corrected chi connectivity index (χ4v) is 16.1. The lowest BCUT2D eigenvalue weighted by Gasteiger charge is -2.42. The second-order valence-electron chi connectivity index (χ2n) is 17.8. The van der Waals surface area contributed by atoms with Crippen molar-refractivity contribution in [2.24, 2.45) is 0 Å². The second-order valence-corrected chi connectivity index (χ2v) is 21.6. The van der Waals surface area contributed by atoms with Gasteiger partial charge in [-0.05, 0) is 74.2 Å². The molecule has 5 nitrogen and oxygen atoms in total. The van der Waals surface area contributed by atoms with Gasteiger partial charge in [0, 0.05) is 62.5 Å². The van der Waals surface area contributed by atoms with Gasteiger partial charge in [-0.1, -0.05) is 178 Å². The van der Waals surface area contributed by atoms with Gasteiger partial charge in [-0.3, -0.25) is 9.30 Å². The van der Waals surface area contributed by atoms with E-state index >= 15 is 0 Å². The summed E-state index contributed by atoms with van der Waals surface area (Å²) in [5.74, 6) is 0.948. The van der Waals surface area contributed by atoms with Crippen molar-refractivity contribution in [3.63, 3.8) is 0 Å². The van der Waals surface area contributed by atoms with Crippen LogP contribution < -0.4 is 25.6 Å². The summed E-state index contributed by atoms with van der Waals surface area (Å²) in [4.78, 5) is 12.9. The zero-order chi connectivity index (χ0) is 43.3. The molecule has 0 N–H and O–H groups in total. The first-order chi connectivity index (χ1) is 32.0. The number of aromatic nitrogens is 4. The quantitative estimate of drug-likeness (QED) is 0.0950. The average Bonchev–Trinajstić information content (AvgIpc) is 4.00. The molecule has 65 heavy (non-hydrogen) atoms. The molecule has 0 saturated heterocycles. The third kappa shape index (κ3) is 5.32. The Labute approximate surface area is 378 Å². The Hall–Kier alpha value is -8.06. The van der Waals surface area contributed by atoms with E-state index in [0.29, 0.717) is 0 Å². The first-order valence-corrected chi connectivity index (χ1v) is 24.4. The summed E-state index contributed by atoms with van der Waals surface area (Å²) in [5.41, 5.74) is 9.92. The Bertz CT molecular complexity index is 3780. The number of hydrogen-bond acceptors (Lipinski definition) is 3. The number of pyridine rings is 2. The molecule has 0 fully saturated rings. The lowest BCUT2D eigenvalue weighted by atomic mass is 9.74. The standard InChI is InChI=1S/C59H43N5Si/c1-59(2)51-29-14-17-32-54(51)64(58-55(59)56-50(39-61-58)48-28-13-16-31-53(48)63(56)40-19-6-3-7-20-40)41-21-18-26-44(37-41)65(42-22-8-4-9-23-42,43-24-10-5-11-25-43)45-33-34-46-47-27-12-15-30-52(47)62-36-35-60-57(62)49(46)38-45/h3-39H,1-2H3. The van der Waals surface area contributed by atoms with E-state index < -0.39 is 8.07 Å². The molecule has 0 bridgehead atoms. The highest BCUT2D eigenvalue weighted by Gasteiger charge is 2.44. The van der Waals surface area contributed by atoms with Gasteiger partial charge < -0.3 is 4.57 Å². The smallest absolute Gasteiger partial charge is 0.179 e. The van der Waals surface area contributed by atoms with E-state index in [1.54, 1.807) is 0 Å². The summed E-state index contributed by atoms with van der Waals surface area (Å²) in [6, 6.07) is 76.2. The van der Waals surface area contributed by atoms with E-state index in [4.69, 9.17) is 9.97 Å². The van der Waals surface area contributed by atoms with Gasteiger partial charge in [0.2, 0.25) is 0 Å². The van der Waals surface area contributed by atoms with Gasteiger partial charge in [-0.2, -0.15) is 0 Å². The molecule has 0 radical (unpaired) electrons. The number of benzene rings is 8. The zero-order valence-corrected chi connectivity index (χ0v) is 37.1. The summed E-state index contributed by atoms with van der Waals surface area (Å²) in [7, 11) is -3.07. The number of rotatable bonds is 6. The van der Waals surface area contributed by atoms with Gasteiger partial charge in [-0.15, -0.1) is 0 Å². The van der Waals surface area contributed by atoms with E-state index in [1.807, 2.05) is 6.20 Å². The molecule has 13 rings (SSSR count). The van der Waals surface area contributed by atoms with Crippen LogP contribution >= 0.6 is 0 Å². The SMILES string of the molecule is CC1(C)c2ccccc2N(c2cccc([Si](c3ccccc3)(c3ccccc3)c3ccc4c5ccccc5n5ccnc5c4c3)c2)c2ncc3c4ccccc4n(-c4ccccc4)c3c21. The van der Waals surface area contributed by atoms with Crippen LogP contribution in [0, 0.1) is 0 Å². The predicted octanol–water partition coefficient (Wildman–Crippen LogP) is 11.6. The summed E-state index contributed by atoms with van der Waals surface area (Å²) in [6.45, 7) is 4.74. The number of para-hydroxylation sites is 4. The minimum absolute atomic E-state index is 0.381. The normalized spacial score (nSPS) is 13.5. The van der Waals surface area contributed by atoms with Gasteiger partial charge in [0.15, 0.2) is 8.07 Å². The molecular weight excluding hydrogens is 807 g/mol. The van der Waals surface area contributed by atoms with Crippen molar-refractivity contribution in [3.05, 3.63) is 236 Å². The first kappa shape index (κ1) is 37.5. The van der Waals surface area contributed by atoms with Crippen LogP contribution in [0.1, 0.15) is 25.0 Å². The number of anilines is 3. The van der Waals surface area contributed by atoms with Gasteiger partial charge in [-0.25, -0.2) is 9.97 Å². The highest BCUT2D eigenvalue weighted by Crippen LogP contribution is 2.54. The van der Waals surface area contributed by atoms with Crippen LogP contribution in [0.25, 0.3) is 54.8 Å². The summed E-state index contributed by atoms with van der Waals surface area (Å²) < 4.78 is 4.70. The molecule has 308 valence electrons. The Morgan fingerprint density at radius 1 is 0.462 bits per heavy atom. The largest absolute Gasteiger partial charge is 0.309 e. The number of nitrogens with zero attached hydrogens (tertiary/aromatic N) is 5. The van der Waals surface area contributed by atoms with Crippen LogP contribution in [0.15, 0.2) is 225 Å². The topological polar surface area (TPSA) is 38.4 Å². The molecule has 0 spiro atoms. The molecule has 0 amide bonds. The van der Waals surface area contributed by atoms with Crippen molar-refractivity contribution in [2.45, 2.75) is 19.3 Å². The van der Waals surface area contributed by atoms with Crippen LogP contribution in [-0.2, 0) is 5.41 Å².